The highest BCUT2D eigenvalue weighted by atomic mass is 79.9. The van der Waals surface area contributed by atoms with Gasteiger partial charge in [-0.05, 0) is 44.3 Å². The largest absolute Gasteiger partial charge is 0.496 e. The average molecular weight is 392 g/mol. The molecule has 1 heterocycles. The topological polar surface area (TPSA) is 59.7 Å². The standard InChI is InChI=1S/C13H12Br2O4/c1-3-4-6-9-10(15)8(18-2)5-7(14)12(9)19-11(6)13(16)17/h5H,3-4H2,1-2H3,(H,16,17). The van der Waals surface area contributed by atoms with E-state index in [9.17, 15) is 9.90 Å². The molecule has 19 heavy (non-hydrogen) atoms. The Hall–Kier alpha value is -1.01. The number of ether oxygens (including phenoxy) is 1. The summed E-state index contributed by atoms with van der Waals surface area (Å²) in [5.74, 6) is -0.432. The van der Waals surface area contributed by atoms with Crippen molar-refractivity contribution < 1.29 is 19.1 Å². The highest BCUT2D eigenvalue weighted by Crippen LogP contribution is 2.42. The lowest BCUT2D eigenvalue weighted by atomic mass is 10.1. The molecular formula is C13H12Br2O4. The number of hydrogen-bond donors (Lipinski definition) is 1. The molecule has 0 saturated heterocycles. The van der Waals surface area contributed by atoms with Crippen LogP contribution >= 0.6 is 31.9 Å². The summed E-state index contributed by atoms with van der Waals surface area (Å²) in [7, 11) is 1.57. The first-order valence-corrected chi connectivity index (χ1v) is 7.30. The molecule has 0 bridgehead atoms. The van der Waals surface area contributed by atoms with Gasteiger partial charge in [0.2, 0.25) is 5.76 Å². The van der Waals surface area contributed by atoms with Gasteiger partial charge < -0.3 is 14.3 Å². The first-order valence-electron chi connectivity index (χ1n) is 5.71. The van der Waals surface area contributed by atoms with Crippen molar-refractivity contribution >= 4 is 48.8 Å². The van der Waals surface area contributed by atoms with Crippen molar-refractivity contribution in [2.45, 2.75) is 19.8 Å². The predicted octanol–water partition coefficient (Wildman–Crippen LogP) is 4.62. The minimum Gasteiger partial charge on any atom is -0.496 e. The molecular weight excluding hydrogens is 380 g/mol. The number of hydrogen-bond acceptors (Lipinski definition) is 3. The molecule has 6 heteroatoms. The highest BCUT2D eigenvalue weighted by molar-refractivity contribution is 9.11. The van der Waals surface area contributed by atoms with Crippen LogP contribution in [0.2, 0.25) is 0 Å². The van der Waals surface area contributed by atoms with Crippen molar-refractivity contribution in [1.82, 2.24) is 0 Å². The summed E-state index contributed by atoms with van der Waals surface area (Å²) < 4.78 is 12.2. The number of carbonyl (C=O) groups is 1. The summed E-state index contributed by atoms with van der Waals surface area (Å²) in [4.78, 5) is 11.3. The van der Waals surface area contributed by atoms with E-state index in [-0.39, 0.29) is 5.76 Å². The molecule has 0 spiro atoms. The third-order valence-corrected chi connectivity index (χ3v) is 4.21. The number of halogens is 2. The van der Waals surface area contributed by atoms with Gasteiger partial charge >= 0.3 is 5.97 Å². The Labute approximate surface area is 127 Å². The molecule has 2 rings (SSSR count). The van der Waals surface area contributed by atoms with Crippen molar-refractivity contribution in [1.29, 1.82) is 0 Å². The zero-order valence-corrected chi connectivity index (χ0v) is 13.6. The van der Waals surface area contributed by atoms with E-state index in [0.717, 1.165) is 11.8 Å². The number of aromatic carboxylic acids is 1. The van der Waals surface area contributed by atoms with E-state index in [1.807, 2.05) is 6.92 Å². The molecule has 0 aliphatic heterocycles. The second-order valence-electron chi connectivity index (χ2n) is 4.04. The van der Waals surface area contributed by atoms with Crippen LogP contribution in [-0.4, -0.2) is 18.2 Å². The molecule has 0 aliphatic rings. The predicted molar refractivity (Wildman–Crippen MR) is 79.1 cm³/mol. The minimum atomic E-state index is -1.06. The van der Waals surface area contributed by atoms with E-state index in [4.69, 9.17) is 9.15 Å². The Morgan fingerprint density at radius 2 is 2.16 bits per heavy atom. The van der Waals surface area contributed by atoms with Crippen molar-refractivity contribution in [3.63, 3.8) is 0 Å². The lowest BCUT2D eigenvalue weighted by Crippen LogP contribution is -1.98. The molecule has 1 aromatic heterocycles. The Balaban J connectivity index is 2.88. The molecule has 102 valence electrons. The van der Waals surface area contributed by atoms with Crippen LogP contribution in [0.25, 0.3) is 11.0 Å². The van der Waals surface area contributed by atoms with E-state index >= 15 is 0 Å². The smallest absolute Gasteiger partial charge is 0.372 e. The summed E-state index contributed by atoms with van der Waals surface area (Å²) in [6, 6.07) is 1.75. The highest BCUT2D eigenvalue weighted by Gasteiger charge is 2.24. The molecule has 0 amide bonds. The second kappa shape index (κ2) is 5.54. The molecule has 2 aromatic rings. The van der Waals surface area contributed by atoms with E-state index in [0.29, 0.717) is 32.3 Å². The fourth-order valence-corrected chi connectivity index (χ4v) is 3.23. The van der Waals surface area contributed by atoms with Crippen molar-refractivity contribution in [3.8, 4) is 5.75 Å². The van der Waals surface area contributed by atoms with E-state index in [2.05, 4.69) is 31.9 Å². The number of rotatable bonds is 4. The second-order valence-corrected chi connectivity index (χ2v) is 5.69. The third-order valence-electron chi connectivity index (χ3n) is 2.83. The van der Waals surface area contributed by atoms with Crippen LogP contribution < -0.4 is 4.74 Å². The van der Waals surface area contributed by atoms with Gasteiger partial charge in [-0.25, -0.2) is 4.79 Å². The van der Waals surface area contributed by atoms with Gasteiger partial charge in [0.1, 0.15) is 5.75 Å². The minimum absolute atomic E-state index is 0.00787. The Kier molecular flexibility index (Phi) is 4.20. The number of benzene rings is 1. The van der Waals surface area contributed by atoms with Crippen LogP contribution in [0.1, 0.15) is 29.5 Å². The molecule has 0 unspecified atom stereocenters. The molecule has 4 nitrogen and oxygen atoms in total. The number of carboxylic acids is 1. The lowest BCUT2D eigenvalue weighted by Gasteiger charge is -2.06. The first-order chi connectivity index (χ1) is 9.01. The molecule has 0 atom stereocenters. The van der Waals surface area contributed by atoms with Gasteiger partial charge in [0, 0.05) is 10.9 Å². The molecule has 1 N–H and O–H groups in total. The maximum atomic E-state index is 11.3. The van der Waals surface area contributed by atoms with Crippen molar-refractivity contribution in [3.05, 3.63) is 26.3 Å². The maximum Gasteiger partial charge on any atom is 0.372 e. The van der Waals surface area contributed by atoms with Gasteiger partial charge in [0.25, 0.3) is 0 Å². The van der Waals surface area contributed by atoms with Gasteiger partial charge in [0.15, 0.2) is 5.58 Å². The van der Waals surface area contributed by atoms with Crippen LogP contribution in [-0.2, 0) is 6.42 Å². The van der Waals surface area contributed by atoms with E-state index in [1.165, 1.54) is 0 Å². The molecule has 0 radical (unpaired) electrons. The fraction of sp³-hybridized carbons (Fsp3) is 0.308. The van der Waals surface area contributed by atoms with Gasteiger partial charge in [-0.2, -0.15) is 0 Å². The summed E-state index contributed by atoms with van der Waals surface area (Å²) in [5, 5.41) is 10.0. The van der Waals surface area contributed by atoms with Crippen LogP contribution in [0.4, 0.5) is 0 Å². The molecule has 0 aliphatic carbocycles. The zero-order valence-electron chi connectivity index (χ0n) is 10.4. The summed E-state index contributed by atoms with van der Waals surface area (Å²) in [5.41, 5.74) is 1.21. The Morgan fingerprint density at radius 3 is 2.68 bits per heavy atom. The number of aryl methyl sites for hydroxylation is 1. The maximum absolute atomic E-state index is 11.3. The summed E-state index contributed by atoms with van der Waals surface area (Å²) >= 11 is 6.84. The SMILES string of the molecule is CCCc1c(C(=O)O)oc2c(Br)cc(OC)c(Br)c12. The van der Waals surface area contributed by atoms with Gasteiger partial charge in [0.05, 0.1) is 16.1 Å². The third kappa shape index (κ3) is 2.39. The lowest BCUT2D eigenvalue weighted by molar-refractivity contribution is 0.0663. The Morgan fingerprint density at radius 1 is 1.47 bits per heavy atom. The molecule has 0 fully saturated rings. The fourth-order valence-electron chi connectivity index (χ4n) is 2.04. The monoisotopic (exact) mass is 390 g/mol. The zero-order chi connectivity index (χ0) is 14.2. The number of carboxylic acid groups (broad SMARTS) is 1. The van der Waals surface area contributed by atoms with Crippen LogP contribution in [0.15, 0.2) is 19.4 Å². The normalized spacial score (nSPS) is 10.9. The quantitative estimate of drug-likeness (QED) is 0.826. The summed E-state index contributed by atoms with van der Waals surface area (Å²) in [6.07, 6.45) is 1.46. The van der Waals surface area contributed by atoms with E-state index in [1.54, 1.807) is 13.2 Å². The van der Waals surface area contributed by atoms with Crippen LogP contribution in [0, 0.1) is 0 Å². The van der Waals surface area contributed by atoms with Gasteiger partial charge in [-0.1, -0.05) is 13.3 Å². The summed E-state index contributed by atoms with van der Waals surface area (Å²) in [6.45, 7) is 1.99. The van der Waals surface area contributed by atoms with Crippen molar-refractivity contribution in [2.75, 3.05) is 7.11 Å². The first kappa shape index (κ1) is 14.4. The van der Waals surface area contributed by atoms with Gasteiger partial charge in [-0.3, -0.25) is 0 Å². The number of fused-ring (bicyclic) bond motifs is 1. The molecule has 0 saturated carbocycles. The van der Waals surface area contributed by atoms with Crippen LogP contribution in [0.3, 0.4) is 0 Å². The average Bonchev–Trinajstić information content (AvgIpc) is 2.74. The van der Waals surface area contributed by atoms with E-state index < -0.39 is 5.97 Å². The van der Waals surface area contributed by atoms with Gasteiger partial charge in [-0.15, -0.1) is 0 Å². The molecule has 1 aromatic carbocycles. The Bertz CT molecular complexity index is 646. The number of furan rings is 1. The number of methoxy groups -OCH3 is 1. The van der Waals surface area contributed by atoms with Crippen LogP contribution in [0.5, 0.6) is 5.75 Å². The van der Waals surface area contributed by atoms with Crippen molar-refractivity contribution in [2.24, 2.45) is 0 Å².